The van der Waals surface area contributed by atoms with E-state index < -0.39 is 10.0 Å². The van der Waals surface area contributed by atoms with Crippen molar-refractivity contribution in [1.82, 2.24) is 25.0 Å². The lowest BCUT2D eigenvalue weighted by Gasteiger charge is -2.30. The van der Waals surface area contributed by atoms with E-state index in [1.54, 1.807) is 23.7 Å². The lowest BCUT2D eigenvalue weighted by atomic mass is 9.97. The third-order valence-corrected chi connectivity index (χ3v) is 7.09. The lowest BCUT2D eigenvalue weighted by Crippen LogP contribution is -2.42. The average molecular weight is 355 g/mol. The zero-order chi connectivity index (χ0) is 16.3. The number of amides is 1. The summed E-state index contributed by atoms with van der Waals surface area (Å²) in [5.41, 5.74) is 0.663. The molecule has 1 aliphatic heterocycles. The van der Waals surface area contributed by atoms with Crippen LogP contribution in [0.1, 0.15) is 18.5 Å². The summed E-state index contributed by atoms with van der Waals surface area (Å²) in [6, 6.07) is 3.33. The molecule has 1 saturated heterocycles. The van der Waals surface area contributed by atoms with E-state index in [9.17, 15) is 13.2 Å². The molecule has 2 aromatic rings. The minimum Gasteiger partial charge on any atom is -0.350 e. The molecule has 2 aromatic heterocycles. The third kappa shape index (κ3) is 3.59. The zero-order valence-corrected chi connectivity index (χ0v) is 13.9. The number of piperidine rings is 1. The molecule has 0 radical (unpaired) electrons. The zero-order valence-electron chi connectivity index (χ0n) is 12.3. The summed E-state index contributed by atoms with van der Waals surface area (Å²) in [4.78, 5) is 12.1. The number of hydrogen-bond acceptors (Lipinski definition) is 6. The number of thiophene rings is 1. The average Bonchev–Trinajstić information content (AvgIpc) is 3.26. The number of H-pyrrole nitrogens is 1. The minimum atomic E-state index is -3.42. The second kappa shape index (κ2) is 6.77. The van der Waals surface area contributed by atoms with Crippen molar-refractivity contribution in [2.24, 2.45) is 5.92 Å². The van der Waals surface area contributed by atoms with Gasteiger partial charge in [-0.3, -0.25) is 4.79 Å². The van der Waals surface area contributed by atoms with Crippen LogP contribution in [0.2, 0.25) is 0 Å². The Morgan fingerprint density at radius 2 is 2.22 bits per heavy atom. The van der Waals surface area contributed by atoms with Gasteiger partial charge in [-0.05, 0) is 24.3 Å². The number of rotatable bonds is 5. The van der Waals surface area contributed by atoms with E-state index in [1.807, 2.05) is 0 Å². The highest BCUT2D eigenvalue weighted by Gasteiger charge is 2.32. The van der Waals surface area contributed by atoms with Crippen molar-refractivity contribution in [3.63, 3.8) is 0 Å². The van der Waals surface area contributed by atoms with Gasteiger partial charge in [0.05, 0.1) is 12.7 Å². The second-order valence-corrected chi connectivity index (χ2v) is 8.40. The van der Waals surface area contributed by atoms with E-state index in [2.05, 4.69) is 20.7 Å². The van der Waals surface area contributed by atoms with Crippen LogP contribution in [0.5, 0.6) is 0 Å². The molecule has 124 valence electrons. The van der Waals surface area contributed by atoms with Crippen LogP contribution in [0.3, 0.4) is 0 Å². The van der Waals surface area contributed by atoms with Crippen molar-refractivity contribution < 1.29 is 13.2 Å². The molecule has 0 aromatic carbocycles. The number of hydrogen-bond donors (Lipinski definition) is 2. The molecular formula is C13H17N5O3S2. The molecule has 23 heavy (non-hydrogen) atoms. The lowest BCUT2D eigenvalue weighted by molar-refractivity contribution is -0.126. The van der Waals surface area contributed by atoms with Crippen molar-refractivity contribution in [2.75, 3.05) is 13.1 Å². The smallest absolute Gasteiger partial charge is 0.252 e. The number of aromatic nitrogens is 3. The molecule has 1 amide bonds. The number of nitrogens with zero attached hydrogens (tertiary/aromatic N) is 3. The van der Waals surface area contributed by atoms with E-state index >= 15 is 0 Å². The molecule has 1 aliphatic rings. The van der Waals surface area contributed by atoms with E-state index in [0.29, 0.717) is 42.4 Å². The Balaban J connectivity index is 1.53. The molecule has 0 atom stereocenters. The number of carbonyl (C=O) groups is 1. The van der Waals surface area contributed by atoms with E-state index in [-0.39, 0.29) is 11.8 Å². The second-order valence-electron chi connectivity index (χ2n) is 5.29. The van der Waals surface area contributed by atoms with Crippen LogP contribution in [-0.4, -0.2) is 47.1 Å². The van der Waals surface area contributed by atoms with Gasteiger partial charge in [0.15, 0.2) is 0 Å². The topological polar surface area (TPSA) is 108 Å². The van der Waals surface area contributed by atoms with Gasteiger partial charge in [-0.1, -0.05) is 6.07 Å². The van der Waals surface area contributed by atoms with Gasteiger partial charge in [0.25, 0.3) is 10.0 Å². The summed E-state index contributed by atoms with van der Waals surface area (Å²) >= 11 is 1.21. The maximum absolute atomic E-state index is 12.4. The Morgan fingerprint density at radius 1 is 1.43 bits per heavy atom. The van der Waals surface area contributed by atoms with Crippen LogP contribution in [0, 0.1) is 5.92 Å². The Labute approximate surface area is 137 Å². The van der Waals surface area contributed by atoms with Gasteiger partial charge in [0, 0.05) is 19.0 Å². The van der Waals surface area contributed by atoms with Crippen molar-refractivity contribution in [2.45, 2.75) is 23.6 Å². The summed E-state index contributed by atoms with van der Waals surface area (Å²) in [6.45, 7) is 1.05. The maximum atomic E-state index is 12.4. The van der Waals surface area contributed by atoms with Gasteiger partial charge in [-0.15, -0.1) is 11.3 Å². The predicted octanol–water partition coefficient (Wildman–Crippen LogP) is 0.583. The fraction of sp³-hybridized carbons (Fsp3) is 0.462. The van der Waals surface area contributed by atoms with E-state index in [4.69, 9.17) is 0 Å². The van der Waals surface area contributed by atoms with Crippen molar-refractivity contribution in [1.29, 1.82) is 0 Å². The van der Waals surface area contributed by atoms with Crippen molar-refractivity contribution in [3.8, 4) is 0 Å². The molecule has 8 nitrogen and oxygen atoms in total. The number of carbonyl (C=O) groups excluding carboxylic acids is 1. The number of nitrogens with one attached hydrogen (secondary N) is 2. The Morgan fingerprint density at radius 3 is 2.83 bits per heavy atom. The largest absolute Gasteiger partial charge is 0.350 e. The summed E-state index contributed by atoms with van der Waals surface area (Å²) in [6.07, 6.45) is 2.60. The minimum absolute atomic E-state index is 0.0684. The highest BCUT2D eigenvalue weighted by Crippen LogP contribution is 2.26. The van der Waals surface area contributed by atoms with Gasteiger partial charge < -0.3 is 5.32 Å². The third-order valence-electron chi connectivity index (χ3n) is 3.82. The quantitative estimate of drug-likeness (QED) is 0.816. The van der Waals surface area contributed by atoms with E-state index in [0.717, 1.165) is 0 Å². The molecule has 3 heterocycles. The van der Waals surface area contributed by atoms with Crippen LogP contribution in [0.15, 0.2) is 27.9 Å². The first-order valence-corrected chi connectivity index (χ1v) is 9.55. The Bertz CT molecular complexity index is 735. The van der Waals surface area contributed by atoms with Gasteiger partial charge in [0.1, 0.15) is 9.90 Å². The van der Waals surface area contributed by atoms with Gasteiger partial charge in [-0.25, -0.2) is 8.42 Å². The molecule has 10 heteroatoms. The van der Waals surface area contributed by atoms with Crippen LogP contribution < -0.4 is 5.32 Å². The molecule has 1 fully saturated rings. The fourth-order valence-corrected chi connectivity index (χ4v) is 5.14. The number of aromatic amines is 1. The molecule has 3 rings (SSSR count). The Hall–Kier alpha value is -1.78. The molecule has 0 unspecified atom stereocenters. The summed E-state index contributed by atoms with van der Waals surface area (Å²) in [5, 5.41) is 14.6. The molecule has 0 saturated carbocycles. The molecular weight excluding hydrogens is 338 g/mol. The first-order valence-electron chi connectivity index (χ1n) is 7.23. The van der Waals surface area contributed by atoms with Gasteiger partial charge >= 0.3 is 0 Å². The van der Waals surface area contributed by atoms with Crippen LogP contribution >= 0.6 is 11.3 Å². The first kappa shape index (κ1) is 16.1. The van der Waals surface area contributed by atoms with Crippen LogP contribution in [0.25, 0.3) is 0 Å². The van der Waals surface area contributed by atoms with Gasteiger partial charge in [-0.2, -0.15) is 19.7 Å². The van der Waals surface area contributed by atoms with Crippen molar-refractivity contribution in [3.05, 3.63) is 29.4 Å². The molecule has 0 spiro atoms. The predicted molar refractivity (Wildman–Crippen MR) is 84.0 cm³/mol. The van der Waals surface area contributed by atoms with Crippen molar-refractivity contribution >= 4 is 27.3 Å². The fourth-order valence-electron chi connectivity index (χ4n) is 2.53. The normalized spacial score (nSPS) is 17.2. The summed E-state index contributed by atoms with van der Waals surface area (Å²) < 4.78 is 26.7. The highest BCUT2D eigenvalue weighted by atomic mass is 32.2. The molecule has 0 aliphatic carbocycles. The molecule has 2 N–H and O–H groups in total. The molecule has 0 bridgehead atoms. The standard InChI is InChI=1S/C13H17N5O3S2/c19-13(14-8-11-9-15-17-16-11)10-3-5-18(6-4-10)23(20,21)12-2-1-7-22-12/h1-2,7,9-10H,3-6,8H2,(H,14,19)(H,15,16,17). The highest BCUT2D eigenvalue weighted by molar-refractivity contribution is 7.91. The van der Waals surface area contributed by atoms with Crippen LogP contribution in [-0.2, 0) is 21.4 Å². The van der Waals surface area contributed by atoms with Gasteiger partial charge in [0.2, 0.25) is 5.91 Å². The van der Waals surface area contributed by atoms with E-state index in [1.165, 1.54) is 15.6 Å². The summed E-state index contributed by atoms with van der Waals surface area (Å²) in [5.74, 6) is -0.238. The maximum Gasteiger partial charge on any atom is 0.252 e. The summed E-state index contributed by atoms with van der Waals surface area (Å²) in [7, 11) is -3.42. The first-order chi connectivity index (χ1) is 11.1. The monoisotopic (exact) mass is 355 g/mol. The number of sulfonamides is 1. The Kier molecular flexibility index (Phi) is 4.74. The van der Waals surface area contributed by atoms with Crippen LogP contribution in [0.4, 0.5) is 0 Å². The SMILES string of the molecule is O=C(NCc1cn[nH]n1)C1CCN(S(=O)(=O)c2cccs2)CC1.